The second-order valence-corrected chi connectivity index (χ2v) is 5.19. The van der Waals surface area contributed by atoms with Gasteiger partial charge in [-0.15, -0.1) is 0 Å². The van der Waals surface area contributed by atoms with E-state index in [4.69, 9.17) is 4.74 Å². The zero-order valence-electron chi connectivity index (χ0n) is 10.6. The number of fused-ring (bicyclic) bond motifs is 1. The minimum Gasteiger partial charge on any atom is -0.466 e. The Balaban J connectivity index is 2.20. The smallest absolute Gasteiger partial charge is 0.308 e. The molecular weight excluding hydrogens is 308 g/mol. The molecule has 0 aliphatic carbocycles. The first-order chi connectivity index (χ1) is 9.10. The van der Waals surface area contributed by atoms with E-state index in [0.717, 1.165) is 20.8 Å². The van der Waals surface area contributed by atoms with Gasteiger partial charge in [-0.1, -0.05) is 34.1 Å². The summed E-state index contributed by atoms with van der Waals surface area (Å²) in [7, 11) is 0. The van der Waals surface area contributed by atoms with Gasteiger partial charge < -0.3 is 9.84 Å². The van der Waals surface area contributed by atoms with Gasteiger partial charge in [0.05, 0.1) is 19.1 Å². The molecule has 100 valence electrons. The SMILES string of the molecule is CCOC(=O)CC(O)c1ccc2cc(Br)ccc2c1. The lowest BCUT2D eigenvalue weighted by atomic mass is 10.0. The lowest BCUT2D eigenvalue weighted by Gasteiger charge is -2.11. The van der Waals surface area contributed by atoms with Crippen LogP contribution in [0.5, 0.6) is 0 Å². The molecule has 2 aromatic rings. The Labute approximate surface area is 120 Å². The van der Waals surface area contributed by atoms with E-state index in [1.807, 2.05) is 36.4 Å². The van der Waals surface area contributed by atoms with Crippen molar-refractivity contribution in [1.29, 1.82) is 0 Å². The number of hydrogen-bond acceptors (Lipinski definition) is 3. The van der Waals surface area contributed by atoms with Crippen LogP contribution in [0.1, 0.15) is 25.0 Å². The normalized spacial score (nSPS) is 12.4. The van der Waals surface area contributed by atoms with Crippen LogP contribution < -0.4 is 0 Å². The molecule has 0 bridgehead atoms. The van der Waals surface area contributed by atoms with Gasteiger partial charge in [-0.05, 0) is 41.5 Å². The molecule has 0 heterocycles. The molecular formula is C15H15BrO3. The number of halogens is 1. The fourth-order valence-electron chi connectivity index (χ4n) is 1.94. The maximum absolute atomic E-state index is 11.3. The number of carbonyl (C=O) groups is 1. The summed E-state index contributed by atoms with van der Waals surface area (Å²) >= 11 is 3.42. The van der Waals surface area contributed by atoms with Crippen LogP contribution in [0.2, 0.25) is 0 Å². The third kappa shape index (κ3) is 3.55. The van der Waals surface area contributed by atoms with E-state index in [-0.39, 0.29) is 12.4 Å². The lowest BCUT2D eigenvalue weighted by Crippen LogP contribution is -2.09. The van der Waals surface area contributed by atoms with Gasteiger partial charge in [-0.2, -0.15) is 0 Å². The van der Waals surface area contributed by atoms with Crippen molar-refractivity contribution in [3.8, 4) is 0 Å². The minimum absolute atomic E-state index is 0.0180. The molecule has 1 N–H and O–H groups in total. The van der Waals surface area contributed by atoms with Crippen molar-refractivity contribution in [2.24, 2.45) is 0 Å². The van der Waals surface area contributed by atoms with Gasteiger partial charge in [-0.25, -0.2) is 0 Å². The first kappa shape index (κ1) is 14.0. The summed E-state index contributed by atoms with van der Waals surface area (Å²) in [6.45, 7) is 2.08. The van der Waals surface area contributed by atoms with Crippen LogP contribution in [-0.4, -0.2) is 17.7 Å². The van der Waals surface area contributed by atoms with Crippen molar-refractivity contribution in [1.82, 2.24) is 0 Å². The largest absolute Gasteiger partial charge is 0.466 e. The quantitative estimate of drug-likeness (QED) is 0.875. The minimum atomic E-state index is -0.827. The number of ether oxygens (including phenoxy) is 1. The van der Waals surface area contributed by atoms with Crippen LogP contribution in [0.15, 0.2) is 40.9 Å². The first-order valence-electron chi connectivity index (χ1n) is 6.13. The Morgan fingerprint density at radius 2 is 1.95 bits per heavy atom. The molecule has 1 atom stereocenters. The van der Waals surface area contributed by atoms with E-state index < -0.39 is 6.10 Å². The summed E-state index contributed by atoms with van der Waals surface area (Å²) < 4.78 is 5.85. The van der Waals surface area contributed by atoms with Crippen LogP contribution in [0.25, 0.3) is 10.8 Å². The Kier molecular flexibility index (Phi) is 4.56. The summed E-state index contributed by atoms with van der Waals surface area (Å²) in [5.74, 6) is -0.383. The molecule has 1 unspecified atom stereocenters. The summed E-state index contributed by atoms with van der Waals surface area (Å²) in [6, 6.07) is 11.6. The van der Waals surface area contributed by atoms with Crippen molar-refractivity contribution < 1.29 is 14.6 Å². The average Bonchev–Trinajstić information content (AvgIpc) is 2.38. The zero-order valence-corrected chi connectivity index (χ0v) is 12.2. The fourth-order valence-corrected chi connectivity index (χ4v) is 2.32. The Hall–Kier alpha value is -1.39. The van der Waals surface area contributed by atoms with Gasteiger partial charge in [0.2, 0.25) is 0 Å². The average molecular weight is 323 g/mol. The van der Waals surface area contributed by atoms with E-state index in [9.17, 15) is 9.90 Å². The molecule has 0 aliphatic heterocycles. The standard InChI is InChI=1S/C15H15BrO3/c1-2-19-15(18)9-14(17)12-4-3-11-8-13(16)6-5-10(11)7-12/h3-8,14,17H,2,9H2,1H3. The predicted molar refractivity (Wildman–Crippen MR) is 77.9 cm³/mol. The van der Waals surface area contributed by atoms with E-state index in [2.05, 4.69) is 15.9 Å². The molecule has 2 rings (SSSR count). The maximum atomic E-state index is 11.3. The number of esters is 1. The van der Waals surface area contributed by atoms with E-state index in [1.165, 1.54) is 0 Å². The number of carbonyl (C=O) groups excluding carboxylic acids is 1. The molecule has 0 fully saturated rings. The summed E-state index contributed by atoms with van der Waals surface area (Å²) in [4.78, 5) is 11.3. The molecule has 0 radical (unpaired) electrons. The second kappa shape index (κ2) is 6.17. The van der Waals surface area contributed by atoms with Crippen LogP contribution in [-0.2, 0) is 9.53 Å². The van der Waals surface area contributed by atoms with Crippen molar-refractivity contribution >= 4 is 32.7 Å². The Bertz CT molecular complexity index is 595. The highest BCUT2D eigenvalue weighted by Gasteiger charge is 2.14. The van der Waals surface area contributed by atoms with E-state index in [0.29, 0.717) is 6.61 Å². The molecule has 4 heteroatoms. The summed E-state index contributed by atoms with van der Waals surface area (Å²) in [6.07, 6.45) is -0.845. The van der Waals surface area contributed by atoms with Crippen molar-refractivity contribution in [3.63, 3.8) is 0 Å². The molecule has 0 amide bonds. The van der Waals surface area contributed by atoms with Crippen LogP contribution in [0.4, 0.5) is 0 Å². The molecule has 3 nitrogen and oxygen atoms in total. The highest BCUT2D eigenvalue weighted by Crippen LogP contribution is 2.25. The van der Waals surface area contributed by atoms with Gasteiger partial charge in [0.25, 0.3) is 0 Å². The third-order valence-corrected chi connectivity index (χ3v) is 3.37. The molecule has 0 aliphatic rings. The van der Waals surface area contributed by atoms with E-state index in [1.54, 1.807) is 6.92 Å². The van der Waals surface area contributed by atoms with Gasteiger partial charge >= 0.3 is 5.97 Å². The topological polar surface area (TPSA) is 46.5 Å². The number of benzene rings is 2. The van der Waals surface area contributed by atoms with Crippen molar-refractivity contribution in [2.45, 2.75) is 19.4 Å². The van der Waals surface area contributed by atoms with E-state index >= 15 is 0 Å². The Morgan fingerprint density at radius 3 is 2.68 bits per heavy atom. The number of rotatable bonds is 4. The van der Waals surface area contributed by atoms with Gasteiger partial charge in [0.1, 0.15) is 0 Å². The van der Waals surface area contributed by atoms with Crippen LogP contribution >= 0.6 is 15.9 Å². The van der Waals surface area contributed by atoms with Crippen LogP contribution in [0.3, 0.4) is 0 Å². The molecule has 0 saturated carbocycles. The second-order valence-electron chi connectivity index (χ2n) is 4.28. The monoisotopic (exact) mass is 322 g/mol. The third-order valence-electron chi connectivity index (χ3n) is 2.88. The molecule has 0 saturated heterocycles. The van der Waals surface area contributed by atoms with Crippen LogP contribution in [0, 0.1) is 0 Å². The highest BCUT2D eigenvalue weighted by molar-refractivity contribution is 9.10. The van der Waals surface area contributed by atoms with Gasteiger partial charge in [-0.3, -0.25) is 4.79 Å². The zero-order chi connectivity index (χ0) is 13.8. The molecule has 2 aromatic carbocycles. The summed E-state index contributed by atoms with van der Waals surface area (Å²) in [5.41, 5.74) is 0.725. The fraction of sp³-hybridized carbons (Fsp3) is 0.267. The molecule has 0 aromatic heterocycles. The first-order valence-corrected chi connectivity index (χ1v) is 6.92. The van der Waals surface area contributed by atoms with Gasteiger partial charge in [0, 0.05) is 4.47 Å². The maximum Gasteiger partial charge on any atom is 0.308 e. The lowest BCUT2D eigenvalue weighted by molar-refractivity contribution is -0.145. The molecule has 19 heavy (non-hydrogen) atoms. The van der Waals surface area contributed by atoms with Crippen molar-refractivity contribution in [2.75, 3.05) is 6.61 Å². The van der Waals surface area contributed by atoms with Crippen molar-refractivity contribution in [3.05, 3.63) is 46.4 Å². The van der Waals surface area contributed by atoms with Gasteiger partial charge in [0.15, 0.2) is 0 Å². The number of hydrogen-bond donors (Lipinski definition) is 1. The number of aliphatic hydroxyl groups is 1. The predicted octanol–water partition coefficient (Wildman–Crippen LogP) is 3.59. The Morgan fingerprint density at radius 1 is 1.26 bits per heavy atom. The molecule has 0 spiro atoms. The summed E-state index contributed by atoms with van der Waals surface area (Å²) in [5, 5.41) is 12.1. The highest BCUT2D eigenvalue weighted by atomic mass is 79.9. The number of aliphatic hydroxyl groups excluding tert-OH is 1.